The minimum Gasteiger partial charge on any atom is -0.456 e. The van der Waals surface area contributed by atoms with Crippen LogP contribution in [0.4, 0.5) is 0 Å². The van der Waals surface area contributed by atoms with Gasteiger partial charge in [0, 0.05) is 0 Å². The first kappa shape index (κ1) is 6.84. The van der Waals surface area contributed by atoms with E-state index in [0.717, 1.165) is 0 Å². The van der Waals surface area contributed by atoms with E-state index in [4.69, 9.17) is 9.47 Å². The van der Waals surface area contributed by atoms with E-state index in [-0.39, 0.29) is 0 Å². The van der Waals surface area contributed by atoms with E-state index in [1.807, 2.05) is 0 Å². The molecule has 1 aromatic rings. The molecular formula is C8H5NO3. The third-order valence-electron chi connectivity index (χ3n) is 1.40. The predicted octanol–water partition coefficient (Wildman–Crippen LogP) is 1.14. The largest absolute Gasteiger partial charge is 0.456 e. The minimum atomic E-state index is 0.321. The molecule has 4 nitrogen and oxygen atoms in total. The van der Waals surface area contributed by atoms with Crippen molar-refractivity contribution in [2.45, 2.75) is 0 Å². The van der Waals surface area contributed by atoms with Gasteiger partial charge in [0.25, 0.3) is 5.88 Å². The van der Waals surface area contributed by atoms with Crippen molar-refractivity contribution in [2.75, 3.05) is 0 Å². The van der Waals surface area contributed by atoms with Gasteiger partial charge in [-0.1, -0.05) is 0 Å². The number of ether oxygens (including phenoxy) is 2. The molecular weight excluding hydrogens is 158 g/mol. The highest BCUT2D eigenvalue weighted by molar-refractivity contribution is 5.72. The molecule has 1 aliphatic rings. The molecule has 0 spiro atoms. The van der Waals surface area contributed by atoms with Gasteiger partial charge in [0.15, 0.2) is 12.0 Å². The summed E-state index contributed by atoms with van der Waals surface area (Å²) in [6.45, 7) is 0. The van der Waals surface area contributed by atoms with Crippen molar-refractivity contribution < 1.29 is 14.3 Å². The van der Waals surface area contributed by atoms with Crippen molar-refractivity contribution in [3.8, 4) is 11.6 Å². The quantitative estimate of drug-likeness (QED) is 0.582. The number of aldehydes is 1. The molecule has 0 radical (unpaired) electrons. The van der Waals surface area contributed by atoms with Crippen LogP contribution in [0.2, 0.25) is 0 Å². The van der Waals surface area contributed by atoms with Gasteiger partial charge in [-0.2, -0.15) is 0 Å². The molecule has 0 aliphatic carbocycles. The van der Waals surface area contributed by atoms with Crippen LogP contribution in [-0.4, -0.2) is 11.3 Å². The minimum absolute atomic E-state index is 0.321. The highest BCUT2D eigenvalue weighted by Gasteiger charge is 2.09. The number of nitrogens with zero attached hydrogens (tertiary/aromatic N) is 1. The van der Waals surface area contributed by atoms with Gasteiger partial charge < -0.3 is 9.47 Å². The molecule has 1 aromatic heterocycles. The van der Waals surface area contributed by atoms with Crippen LogP contribution in [0.25, 0.3) is 0 Å². The second-order valence-electron chi connectivity index (χ2n) is 2.17. The smallest absolute Gasteiger partial charge is 0.263 e. The number of aromatic nitrogens is 1. The van der Waals surface area contributed by atoms with Crippen LogP contribution in [0.1, 0.15) is 10.5 Å². The molecule has 0 amide bonds. The predicted molar refractivity (Wildman–Crippen MR) is 40.0 cm³/mol. The van der Waals surface area contributed by atoms with Gasteiger partial charge in [-0.15, -0.1) is 0 Å². The van der Waals surface area contributed by atoms with E-state index in [0.29, 0.717) is 23.6 Å². The van der Waals surface area contributed by atoms with Gasteiger partial charge in [-0.3, -0.25) is 4.79 Å². The Balaban J connectivity index is 2.46. The first-order valence-electron chi connectivity index (χ1n) is 3.35. The van der Waals surface area contributed by atoms with E-state index < -0.39 is 0 Å². The number of pyridine rings is 1. The monoisotopic (exact) mass is 163 g/mol. The lowest BCUT2D eigenvalue weighted by Gasteiger charge is -2.10. The number of carbonyl (C=O) groups excluding carboxylic acids is 1. The molecule has 0 N–H and O–H groups in total. The molecule has 0 saturated heterocycles. The highest BCUT2D eigenvalue weighted by Crippen LogP contribution is 2.27. The molecule has 0 fully saturated rings. The molecule has 0 unspecified atom stereocenters. The van der Waals surface area contributed by atoms with Crippen molar-refractivity contribution in [3.05, 3.63) is 30.4 Å². The Labute approximate surface area is 68.4 Å². The van der Waals surface area contributed by atoms with Crippen molar-refractivity contribution in [1.29, 1.82) is 0 Å². The molecule has 0 bridgehead atoms. The number of carbonyl (C=O) groups is 1. The third kappa shape index (κ3) is 1.03. The molecule has 1 aliphatic heterocycles. The molecule has 2 heterocycles. The summed E-state index contributed by atoms with van der Waals surface area (Å²) in [6, 6.07) is 3.20. The van der Waals surface area contributed by atoms with Gasteiger partial charge in [-0.25, -0.2) is 4.98 Å². The van der Waals surface area contributed by atoms with Gasteiger partial charge in [0.05, 0.1) is 0 Å². The van der Waals surface area contributed by atoms with Gasteiger partial charge in [0.1, 0.15) is 18.2 Å². The lowest BCUT2D eigenvalue weighted by Crippen LogP contribution is -1.99. The maximum absolute atomic E-state index is 10.3. The lowest BCUT2D eigenvalue weighted by molar-refractivity contribution is 0.111. The van der Waals surface area contributed by atoms with Crippen molar-refractivity contribution in [3.63, 3.8) is 0 Å². The summed E-state index contributed by atoms with van der Waals surface area (Å²) in [4.78, 5) is 14.2. The Bertz CT molecular complexity index is 346. The number of hydrogen-bond acceptors (Lipinski definition) is 4. The van der Waals surface area contributed by atoms with Crippen LogP contribution in [0.5, 0.6) is 11.6 Å². The van der Waals surface area contributed by atoms with Crippen LogP contribution in [0, 0.1) is 0 Å². The summed E-state index contributed by atoms with van der Waals surface area (Å²) in [6.07, 6.45) is 3.43. The van der Waals surface area contributed by atoms with Crippen LogP contribution in [0.3, 0.4) is 0 Å². The summed E-state index contributed by atoms with van der Waals surface area (Å²) in [7, 11) is 0. The fourth-order valence-corrected chi connectivity index (χ4v) is 0.875. The normalized spacial score (nSPS) is 12.7. The lowest BCUT2D eigenvalue weighted by atomic mass is 10.3. The number of fused-ring (bicyclic) bond motifs is 1. The average Bonchev–Trinajstić information content (AvgIpc) is 2.17. The fraction of sp³-hybridized carbons (Fsp3) is 0. The zero-order valence-electron chi connectivity index (χ0n) is 6.06. The second-order valence-corrected chi connectivity index (χ2v) is 2.17. The molecule has 0 atom stereocenters. The molecule has 2 rings (SSSR count). The van der Waals surface area contributed by atoms with Crippen molar-refractivity contribution >= 4 is 6.29 Å². The Morgan fingerprint density at radius 3 is 2.92 bits per heavy atom. The van der Waals surface area contributed by atoms with Gasteiger partial charge >= 0.3 is 0 Å². The van der Waals surface area contributed by atoms with Crippen molar-refractivity contribution in [1.82, 2.24) is 4.98 Å². The molecule has 4 heteroatoms. The number of rotatable bonds is 1. The van der Waals surface area contributed by atoms with E-state index in [1.165, 1.54) is 12.5 Å². The summed E-state index contributed by atoms with van der Waals surface area (Å²) in [5.74, 6) is 0.838. The maximum atomic E-state index is 10.3. The van der Waals surface area contributed by atoms with Gasteiger partial charge in [0.2, 0.25) is 0 Å². The fourth-order valence-electron chi connectivity index (χ4n) is 0.875. The van der Waals surface area contributed by atoms with Crippen LogP contribution in [0.15, 0.2) is 24.7 Å². The molecule has 60 valence electrons. The first-order valence-corrected chi connectivity index (χ1v) is 3.35. The molecule has 0 aromatic carbocycles. The van der Waals surface area contributed by atoms with E-state index >= 15 is 0 Å². The zero-order chi connectivity index (χ0) is 8.39. The second kappa shape index (κ2) is 2.65. The Kier molecular flexibility index (Phi) is 1.51. The van der Waals surface area contributed by atoms with Crippen LogP contribution < -0.4 is 9.47 Å². The maximum Gasteiger partial charge on any atom is 0.263 e. The standard InChI is InChI=1S/C8H5NO3/c10-5-6-1-2-7-8(9-6)12-4-3-11-7/h1-5H. The summed E-state index contributed by atoms with van der Waals surface area (Å²) >= 11 is 0. The van der Waals surface area contributed by atoms with Crippen molar-refractivity contribution in [2.24, 2.45) is 0 Å². The molecule has 12 heavy (non-hydrogen) atoms. The third-order valence-corrected chi connectivity index (χ3v) is 1.40. The van der Waals surface area contributed by atoms with E-state index in [9.17, 15) is 4.79 Å². The van der Waals surface area contributed by atoms with E-state index in [2.05, 4.69) is 4.98 Å². The van der Waals surface area contributed by atoms with E-state index in [1.54, 1.807) is 12.1 Å². The Hall–Kier alpha value is -1.84. The van der Waals surface area contributed by atoms with Crippen LogP contribution >= 0.6 is 0 Å². The van der Waals surface area contributed by atoms with Gasteiger partial charge in [-0.05, 0) is 12.1 Å². The number of hydrogen-bond donors (Lipinski definition) is 0. The first-order chi connectivity index (χ1) is 5.90. The molecule has 0 saturated carbocycles. The summed E-state index contributed by atoms with van der Waals surface area (Å²) in [5, 5.41) is 0. The summed E-state index contributed by atoms with van der Waals surface area (Å²) < 4.78 is 10.0. The Morgan fingerprint density at radius 1 is 1.25 bits per heavy atom. The SMILES string of the molecule is O=Cc1ccc2c(n1)OC=CO2. The topological polar surface area (TPSA) is 48.4 Å². The Morgan fingerprint density at radius 2 is 2.08 bits per heavy atom. The average molecular weight is 163 g/mol. The highest BCUT2D eigenvalue weighted by atomic mass is 16.5. The zero-order valence-corrected chi connectivity index (χ0v) is 6.06. The van der Waals surface area contributed by atoms with Crippen LogP contribution in [-0.2, 0) is 0 Å². The summed E-state index contributed by atoms with van der Waals surface area (Å²) in [5.41, 5.74) is 0.327.